The molecule has 0 N–H and O–H groups in total. The minimum atomic E-state index is -0.0951. The minimum absolute atomic E-state index is 0.0109. The van der Waals surface area contributed by atoms with Gasteiger partial charge in [-0.2, -0.15) is 0 Å². The van der Waals surface area contributed by atoms with Crippen LogP contribution in [0.3, 0.4) is 0 Å². The van der Waals surface area contributed by atoms with E-state index in [1.165, 1.54) is 66.4 Å². The Morgan fingerprint density at radius 2 is 1.03 bits per heavy atom. The number of hydrogen-bond acceptors (Lipinski definition) is 3. The highest BCUT2D eigenvalue weighted by Gasteiger charge is 2.30. The molecule has 0 fully saturated rings. The molecule has 0 saturated carbocycles. The number of nitrogens with zero attached hydrogens (tertiary/aromatic N) is 3. The van der Waals surface area contributed by atoms with Gasteiger partial charge in [0, 0.05) is 75.6 Å². The van der Waals surface area contributed by atoms with Crippen molar-refractivity contribution in [2.75, 3.05) is 4.90 Å². The Morgan fingerprint density at radius 3 is 1.74 bits per heavy atom. The van der Waals surface area contributed by atoms with Crippen molar-refractivity contribution in [3.63, 3.8) is 0 Å². The first-order valence-electron chi connectivity index (χ1n) is 25.2. The molecule has 2 atom stereocenters. The van der Waals surface area contributed by atoms with E-state index in [2.05, 4.69) is 247 Å². The fraction of sp³-hybridized carbons (Fsp3) is 0.0882. The molecule has 0 bridgehead atoms. The molecular formula is C68H53N3O2. The molecule has 2 aromatic heterocycles. The summed E-state index contributed by atoms with van der Waals surface area (Å²) < 4.78 is 18.3. The van der Waals surface area contributed by atoms with E-state index < -0.39 is 0 Å². The van der Waals surface area contributed by atoms with Gasteiger partial charge in [-0.25, -0.2) is 0 Å². The van der Waals surface area contributed by atoms with Crippen molar-refractivity contribution in [1.29, 1.82) is 0 Å². The third-order valence-corrected chi connectivity index (χ3v) is 15.2. The van der Waals surface area contributed by atoms with Crippen molar-refractivity contribution in [2.45, 2.75) is 38.9 Å². The van der Waals surface area contributed by atoms with Crippen LogP contribution in [0, 0.1) is 13.8 Å². The number of allylic oxidation sites excluding steroid dienone is 1. The molecule has 73 heavy (non-hydrogen) atoms. The summed E-state index contributed by atoms with van der Waals surface area (Å²) in [6.45, 7) is 12.5. The highest BCUT2D eigenvalue weighted by Crippen LogP contribution is 2.44. The van der Waals surface area contributed by atoms with E-state index in [0.29, 0.717) is 0 Å². The van der Waals surface area contributed by atoms with E-state index in [1.807, 2.05) is 18.2 Å². The van der Waals surface area contributed by atoms with Crippen molar-refractivity contribution in [2.24, 2.45) is 0 Å². The first kappa shape index (κ1) is 43.9. The summed E-state index contributed by atoms with van der Waals surface area (Å²) in [4.78, 5) is 2.38. The number of para-hydroxylation sites is 2. The van der Waals surface area contributed by atoms with E-state index in [0.717, 1.165) is 74.8 Å². The fourth-order valence-corrected chi connectivity index (χ4v) is 11.3. The zero-order chi connectivity index (χ0) is 49.2. The lowest BCUT2D eigenvalue weighted by Crippen LogP contribution is -2.28. The number of benzene rings is 9. The lowest BCUT2D eigenvalue weighted by atomic mass is 9.85. The van der Waals surface area contributed by atoms with Crippen LogP contribution < -0.4 is 14.4 Å². The number of anilines is 3. The Bertz CT molecular complexity index is 3970. The summed E-state index contributed by atoms with van der Waals surface area (Å²) in [6, 6.07) is 76.5. The average Bonchev–Trinajstić information content (AvgIpc) is 3.89. The van der Waals surface area contributed by atoms with Crippen molar-refractivity contribution >= 4 is 49.8 Å². The van der Waals surface area contributed by atoms with Gasteiger partial charge in [-0.15, -0.1) is 0 Å². The van der Waals surface area contributed by atoms with E-state index in [9.17, 15) is 0 Å². The minimum Gasteiger partial charge on any atom is -0.485 e. The maximum Gasteiger partial charge on any atom is 0.128 e. The van der Waals surface area contributed by atoms with Gasteiger partial charge >= 0.3 is 0 Å². The van der Waals surface area contributed by atoms with Crippen LogP contribution in [0.2, 0.25) is 0 Å². The van der Waals surface area contributed by atoms with Crippen molar-refractivity contribution in [3.8, 4) is 45.1 Å². The van der Waals surface area contributed by atoms with Crippen LogP contribution in [-0.4, -0.2) is 15.2 Å². The second-order valence-corrected chi connectivity index (χ2v) is 19.3. The van der Waals surface area contributed by atoms with Gasteiger partial charge in [-0.1, -0.05) is 147 Å². The van der Waals surface area contributed by atoms with Crippen LogP contribution in [0.15, 0.2) is 249 Å². The van der Waals surface area contributed by atoms with Crippen LogP contribution in [0.1, 0.15) is 34.9 Å². The molecule has 11 aromatic rings. The smallest absolute Gasteiger partial charge is 0.128 e. The SMILES string of the molecule is C=CC1=C(C=C)C(Oc2cc(OC3Cc4ccccc43)cc(-n3c4ccccc4c4cc(-c5ccc(N(c6ccc(-c7ccccc7)cc6)c6ccc7c(c6)c(C)c(C)n7-c6ccccc6)cc5)ccc43)c2)C1. The second-order valence-electron chi connectivity index (χ2n) is 19.3. The Hall–Kier alpha value is -9.06. The van der Waals surface area contributed by atoms with Crippen LogP contribution in [0.25, 0.3) is 66.3 Å². The van der Waals surface area contributed by atoms with Crippen LogP contribution in [0.5, 0.6) is 11.5 Å². The number of rotatable bonds is 13. The van der Waals surface area contributed by atoms with Gasteiger partial charge < -0.3 is 23.5 Å². The molecule has 0 radical (unpaired) electrons. The van der Waals surface area contributed by atoms with Gasteiger partial charge in [0.2, 0.25) is 0 Å². The zero-order valence-electron chi connectivity index (χ0n) is 41.0. The number of aromatic nitrogens is 2. The predicted octanol–water partition coefficient (Wildman–Crippen LogP) is 17.6. The molecule has 5 heteroatoms. The molecular weight excluding hydrogens is 891 g/mol. The monoisotopic (exact) mass is 943 g/mol. The van der Waals surface area contributed by atoms with Crippen LogP contribution >= 0.6 is 0 Å². The highest BCUT2D eigenvalue weighted by atomic mass is 16.5. The fourth-order valence-electron chi connectivity index (χ4n) is 11.3. The van der Waals surface area contributed by atoms with Gasteiger partial charge in [0.05, 0.1) is 22.2 Å². The number of aryl methyl sites for hydroxylation is 1. The molecule has 2 aliphatic rings. The predicted molar refractivity (Wildman–Crippen MR) is 303 cm³/mol. The average molecular weight is 944 g/mol. The highest BCUT2D eigenvalue weighted by molar-refractivity contribution is 6.10. The lowest BCUT2D eigenvalue weighted by molar-refractivity contribution is 0.178. The van der Waals surface area contributed by atoms with Gasteiger partial charge in [0.1, 0.15) is 23.7 Å². The van der Waals surface area contributed by atoms with E-state index in [-0.39, 0.29) is 12.2 Å². The molecule has 13 rings (SSSR count). The zero-order valence-corrected chi connectivity index (χ0v) is 41.0. The lowest BCUT2D eigenvalue weighted by Gasteiger charge is -2.32. The van der Waals surface area contributed by atoms with Gasteiger partial charge in [-0.05, 0) is 137 Å². The molecule has 5 nitrogen and oxygen atoms in total. The summed E-state index contributed by atoms with van der Waals surface area (Å²) in [5.41, 5.74) is 20.8. The summed E-state index contributed by atoms with van der Waals surface area (Å²) in [6.07, 6.45) is 5.36. The topological polar surface area (TPSA) is 31.6 Å². The van der Waals surface area contributed by atoms with Crippen LogP contribution in [0.4, 0.5) is 17.1 Å². The first-order valence-corrected chi connectivity index (χ1v) is 25.2. The molecule has 0 spiro atoms. The van der Waals surface area contributed by atoms with Crippen LogP contribution in [-0.2, 0) is 6.42 Å². The second kappa shape index (κ2) is 18.0. The summed E-state index contributed by atoms with van der Waals surface area (Å²) >= 11 is 0. The molecule has 0 amide bonds. The van der Waals surface area contributed by atoms with Gasteiger partial charge in [0.15, 0.2) is 0 Å². The van der Waals surface area contributed by atoms with E-state index >= 15 is 0 Å². The molecule has 9 aromatic carbocycles. The maximum atomic E-state index is 6.79. The summed E-state index contributed by atoms with van der Waals surface area (Å²) in [7, 11) is 0. The normalized spacial score (nSPS) is 14.9. The Labute approximate surface area is 426 Å². The third kappa shape index (κ3) is 7.64. The van der Waals surface area contributed by atoms with Gasteiger partial charge in [0.25, 0.3) is 0 Å². The Morgan fingerprint density at radius 1 is 0.452 bits per heavy atom. The summed E-state index contributed by atoms with van der Waals surface area (Å²) in [5, 5.41) is 3.59. The molecule has 352 valence electrons. The molecule has 2 aliphatic carbocycles. The van der Waals surface area contributed by atoms with Crippen molar-refractivity contribution in [1.82, 2.24) is 9.13 Å². The number of fused-ring (bicyclic) bond motifs is 5. The third-order valence-electron chi connectivity index (χ3n) is 15.2. The molecule has 0 aliphatic heterocycles. The maximum absolute atomic E-state index is 6.79. The number of ether oxygens (including phenoxy) is 2. The van der Waals surface area contributed by atoms with Gasteiger partial charge in [-0.3, -0.25) is 0 Å². The molecule has 0 saturated heterocycles. The molecule has 2 heterocycles. The molecule has 2 unspecified atom stereocenters. The first-order chi connectivity index (χ1) is 35.9. The van der Waals surface area contributed by atoms with Crippen molar-refractivity contribution < 1.29 is 9.47 Å². The Balaban J connectivity index is 0.879. The standard InChI is InChI=1S/C68H53N3O2/c1-5-46-38-67(59(46)6-2)72-57-40-56(41-58(43-57)73-68-39-51-19-13-14-22-60(51)68)71-64-24-16-15-23-61(64)63-37-50(29-35-66(63)71)49-27-32-54(33-28-49)70(53-30-25-48(26-31-53)47-17-9-7-10-18-47)55-34-36-65-62(42-55)44(3)45(4)69(65)52-20-11-8-12-21-52/h5-37,40-43,67-68H,1-2,38-39H2,3-4H3. The van der Waals surface area contributed by atoms with E-state index in [1.54, 1.807) is 0 Å². The van der Waals surface area contributed by atoms with Crippen molar-refractivity contribution in [3.05, 3.63) is 271 Å². The quantitative estimate of drug-likeness (QED) is 0.115. The Kier molecular flexibility index (Phi) is 10.8. The summed E-state index contributed by atoms with van der Waals surface area (Å²) in [5.74, 6) is 1.53. The van der Waals surface area contributed by atoms with E-state index in [4.69, 9.17) is 9.47 Å². The number of hydrogen-bond donors (Lipinski definition) is 0. The largest absolute Gasteiger partial charge is 0.485 e.